The third-order valence-corrected chi connectivity index (χ3v) is 3.11. The lowest BCUT2D eigenvalue weighted by molar-refractivity contribution is -0.125. The van der Waals surface area contributed by atoms with E-state index in [9.17, 15) is 4.79 Å². The smallest absolute Gasteiger partial charge is 0.224 e. The minimum atomic E-state index is 0.197. The van der Waals surface area contributed by atoms with Gasteiger partial charge in [0.2, 0.25) is 5.91 Å². The summed E-state index contributed by atoms with van der Waals surface area (Å²) in [5.41, 5.74) is 0. The van der Waals surface area contributed by atoms with E-state index in [-0.39, 0.29) is 11.8 Å². The average Bonchev–Trinajstić information content (AvgIpc) is 2.25. The second-order valence-corrected chi connectivity index (χ2v) is 4.58. The molecule has 0 aromatic rings. The zero-order valence-electron chi connectivity index (χ0n) is 10.0. The summed E-state index contributed by atoms with van der Waals surface area (Å²) in [5.74, 6) is 0.438. The van der Waals surface area contributed by atoms with Crippen molar-refractivity contribution >= 4 is 5.91 Å². The first-order valence-corrected chi connectivity index (χ1v) is 6.25. The van der Waals surface area contributed by atoms with Crippen LogP contribution in [-0.4, -0.2) is 25.0 Å². The lowest BCUT2D eigenvalue weighted by atomic mass is 9.95. The van der Waals surface area contributed by atoms with Crippen LogP contribution in [0.2, 0.25) is 0 Å². The van der Waals surface area contributed by atoms with Crippen molar-refractivity contribution in [3.63, 3.8) is 0 Å². The van der Waals surface area contributed by atoms with Gasteiger partial charge < -0.3 is 10.6 Å². The van der Waals surface area contributed by atoms with Gasteiger partial charge in [0.25, 0.3) is 0 Å². The van der Waals surface area contributed by atoms with Crippen LogP contribution < -0.4 is 10.6 Å². The molecule has 88 valence electrons. The van der Waals surface area contributed by atoms with Gasteiger partial charge in [-0.3, -0.25) is 4.79 Å². The Morgan fingerprint density at radius 2 is 2.20 bits per heavy atom. The van der Waals surface area contributed by atoms with Crippen molar-refractivity contribution in [1.29, 1.82) is 0 Å². The van der Waals surface area contributed by atoms with Gasteiger partial charge in [-0.1, -0.05) is 19.8 Å². The normalized spacial score (nSPS) is 26.3. The van der Waals surface area contributed by atoms with Crippen LogP contribution in [0.1, 0.15) is 46.0 Å². The van der Waals surface area contributed by atoms with Crippen molar-refractivity contribution in [3.05, 3.63) is 0 Å². The predicted molar refractivity (Wildman–Crippen MR) is 62.7 cm³/mol. The summed E-state index contributed by atoms with van der Waals surface area (Å²) in [6.45, 7) is 6.04. The summed E-state index contributed by atoms with van der Waals surface area (Å²) in [7, 11) is 0. The third kappa shape index (κ3) is 4.65. The Labute approximate surface area is 93.0 Å². The number of rotatable bonds is 5. The molecule has 1 aliphatic heterocycles. The van der Waals surface area contributed by atoms with E-state index < -0.39 is 0 Å². The SMILES string of the molecule is CCCCCNC(=O)C1CCC(C)NC1. The Morgan fingerprint density at radius 1 is 1.40 bits per heavy atom. The number of piperidine rings is 1. The van der Waals surface area contributed by atoms with Gasteiger partial charge in [0.05, 0.1) is 5.92 Å². The zero-order valence-corrected chi connectivity index (χ0v) is 10.0. The Morgan fingerprint density at radius 3 is 2.80 bits per heavy atom. The minimum Gasteiger partial charge on any atom is -0.356 e. The quantitative estimate of drug-likeness (QED) is 0.681. The lowest BCUT2D eigenvalue weighted by Crippen LogP contribution is -2.44. The summed E-state index contributed by atoms with van der Waals surface area (Å²) in [4.78, 5) is 11.7. The van der Waals surface area contributed by atoms with Gasteiger partial charge in [0.15, 0.2) is 0 Å². The van der Waals surface area contributed by atoms with E-state index >= 15 is 0 Å². The van der Waals surface area contributed by atoms with E-state index in [0.29, 0.717) is 6.04 Å². The third-order valence-electron chi connectivity index (χ3n) is 3.11. The van der Waals surface area contributed by atoms with Gasteiger partial charge >= 0.3 is 0 Å². The number of unbranched alkanes of at least 4 members (excludes halogenated alkanes) is 2. The van der Waals surface area contributed by atoms with Crippen molar-refractivity contribution in [3.8, 4) is 0 Å². The fourth-order valence-corrected chi connectivity index (χ4v) is 1.95. The highest BCUT2D eigenvalue weighted by Gasteiger charge is 2.23. The second-order valence-electron chi connectivity index (χ2n) is 4.58. The van der Waals surface area contributed by atoms with Gasteiger partial charge in [-0.25, -0.2) is 0 Å². The maximum absolute atomic E-state index is 11.7. The number of hydrogen-bond acceptors (Lipinski definition) is 2. The first kappa shape index (κ1) is 12.5. The number of carbonyl (C=O) groups is 1. The first-order chi connectivity index (χ1) is 7.24. The molecule has 0 bridgehead atoms. The highest BCUT2D eigenvalue weighted by atomic mass is 16.1. The maximum atomic E-state index is 11.7. The second kappa shape index (κ2) is 6.83. The molecule has 3 heteroatoms. The molecule has 1 heterocycles. The number of nitrogens with one attached hydrogen (secondary N) is 2. The minimum absolute atomic E-state index is 0.197. The molecule has 0 saturated carbocycles. The van der Waals surface area contributed by atoms with Crippen molar-refractivity contribution < 1.29 is 4.79 Å². The molecule has 0 radical (unpaired) electrons. The van der Waals surface area contributed by atoms with E-state index in [2.05, 4.69) is 24.5 Å². The van der Waals surface area contributed by atoms with Crippen molar-refractivity contribution in [1.82, 2.24) is 10.6 Å². The standard InChI is InChI=1S/C12H24N2O/c1-3-4-5-8-13-12(15)11-7-6-10(2)14-9-11/h10-11,14H,3-9H2,1-2H3,(H,13,15). The fourth-order valence-electron chi connectivity index (χ4n) is 1.95. The number of amides is 1. The fraction of sp³-hybridized carbons (Fsp3) is 0.917. The van der Waals surface area contributed by atoms with Crippen LogP contribution in [0.5, 0.6) is 0 Å². The molecule has 1 fully saturated rings. The molecule has 0 spiro atoms. The topological polar surface area (TPSA) is 41.1 Å². The molecule has 2 atom stereocenters. The molecule has 0 aromatic heterocycles. The number of hydrogen-bond donors (Lipinski definition) is 2. The molecule has 0 aliphatic carbocycles. The van der Waals surface area contributed by atoms with Crippen LogP contribution in [-0.2, 0) is 4.79 Å². The van der Waals surface area contributed by atoms with Gasteiger partial charge in [-0.15, -0.1) is 0 Å². The van der Waals surface area contributed by atoms with Crippen LogP contribution >= 0.6 is 0 Å². The monoisotopic (exact) mass is 212 g/mol. The van der Waals surface area contributed by atoms with Crippen LogP contribution in [0.25, 0.3) is 0 Å². The van der Waals surface area contributed by atoms with Crippen molar-refractivity contribution in [2.75, 3.05) is 13.1 Å². The largest absolute Gasteiger partial charge is 0.356 e. The summed E-state index contributed by atoms with van der Waals surface area (Å²) < 4.78 is 0. The molecule has 2 unspecified atom stereocenters. The average molecular weight is 212 g/mol. The van der Waals surface area contributed by atoms with Crippen molar-refractivity contribution in [2.24, 2.45) is 5.92 Å². The van der Waals surface area contributed by atoms with Gasteiger partial charge in [-0.05, 0) is 26.2 Å². The molecular formula is C12H24N2O. The summed E-state index contributed by atoms with van der Waals surface area (Å²) in [5, 5.41) is 6.38. The van der Waals surface area contributed by atoms with Gasteiger partial charge in [-0.2, -0.15) is 0 Å². The lowest BCUT2D eigenvalue weighted by Gasteiger charge is -2.26. The molecule has 15 heavy (non-hydrogen) atoms. The van der Waals surface area contributed by atoms with E-state index in [1.165, 1.54) is 12.8 Å². The Bertz CT molecular complexity index is 186. The van der Waals surface area contributed by atoms with Crippen molar-refractivity contribution in [2.45, 2.75) is 52.0 Å². The Balaban J connectivity index is 2.11. The van der Waals surface area contributed by atoms with Gasteiger partial charge in [0.1, 0.15) is 0 Å². The van der Waals surface area contributed by atoms with E-state index in [1.807, 2.05) is 0 Å². The zero-order chi connectivity index (χ0) is 11.1. The molecule has 2 N–H and O–H groups in total. The van der Waals surface area contributed by atoms with E-state index in [0.717, 1.165) is 32.4 Å². The maximum Gasteiger partial charge on any atom is 0.224 e. The summed E-state index contributed by atoms with van der Waals surface area (Å²) in [6, 6.07) is 0.578. The van der Waals surface area contributed by atoms with Crippen LogP contribution in [0.15, 0.2) is 0 Å². The molecule has 0 aromatic carbocycles. The van der Waals surface area contributed by atoms with E-state index in [1.54, 1.807) is 0 Å². The van der Waals surface area contributed by atoms with Crippen LogP contribution in [0.4, 0.5) is 0 Å². The summed E-state index contributed by atoms with van der Waals surface area (Å²) >= 11 is 0. The Hall–Kier alpha value is -0.570. The summed E-state index contributed by atoms with van der Waals surface area (Å²) in [6.07, 6.45) is 5.68. The Kier molecular flexibility index (Phi) is 5.69. The van der Waals surface area contributed by atoms with Crippen LogP contribution in [0.3, 0.4) is 0 Å². The molecule has 1 saturated heterocycles. The van der Waals surface area contributed by atoms with Gasteiger partial charge in [0, 0.05) is 19.1 Å². The van der Waals surface area contributed by atoms with Crippen LogP contribution in [0, 0.1) is 5.92 Å². The van der Waals surface area contributed by atoms with E-state index in [4.69, 9.17) is 0 Å². The molecular weight excluding hydrogens is 188 g/mol. The highest BCUT2D eigenvalue weighted by molar-refractivity contribution is 5.78. The first-order valence-electron chi connectivity index (χ1n) is 6.25. The molecule has 3 nitrogen and oxygen atoms in total. The molecule has 1 aliphatic rings. The molecule has 1 rings (SSSR count). The molecule has 1 amide bonds. The number of carbonyl (C=O) groups excluding carboxylic acids is 1. The predicted octanol–water partition coefficient (Wildman–Crippen LogP) is 1.68. The highest BCUT2D eigenvalue weighted by Crippen LogP contribution is 2.13.